The lowest BCUT2D eigenvalue weighted by molar-refractivity contribution is -0.139. The van der Waals surface area contributed by atoms with E-state index in [9.17, 15) is 9.59 Å². The van der Waals surface area contributed by atoms with E-state index in [1.807, 2.05) is 23.6 Å². The van der Waals surface area contributed by atoms with Crippen LogP contribution in [0.25, 0.3) is 0 Å². The van der Waals surface area contributed by atoms with Crippen LogP contribution in [0.1, 0.15) is 67.5 Å². The number of aromatic nitrogens is 2. The van der Waals surface area contributed by atoms with E-state index in [1.54, 1.807) is 6.07 Å². The Labute approximate surface area is 156 Å². The number of unbranched alkanes of at least 4 members (excludes halogenated alkanes) is 1. The highest BCUT2D eigenvalue weighted by molar-refractivity contribution is 5.92. The van der Waals surface area contributed by atoms with Crippen molar-refractivity contribution in [2.45, 2.75) is 59.3 Å². The van der Waals surface area contributed by atoms with Gasteiger partial charge in [-0.1, -0.05) is 13.3 Å². The van der Waals surface area contributed by atoms with Gasteiger partial charge in [0, 0.05) is 43.7 Å². The van der Waals surface area contributed by atoms with E-state index < -0.39 is 0 Å². The van der Waals surface area contributed by atoms with E-state index in [1.165, 1.54) is 0 Å². The largest absolute Gasteiger partial charge is 0.342 e. The van der Waals surface area contributed by atoms with Crippen molar-refractivity contribution in [3.63, 3.8) is 0 Å². The highest BCUT2D eigenvalue weighted by atomic mass is 16.2. The third-order valence-corrected chi connectivity index (χ3v) is 5.66. The monoisotopic (exact) mass is 358 g/mol. The molecule has 0 aliphatic carbocycles. The Kier molecular flexibility index (Phi) is 5.58. The topological polar surface area (TPSA) is 66.4 Å². The van der Waals surface area contributed by atoms with Crippen molar-refractivity contribution in [2.75, 3.05) is 26.2 Å². The number of amides is 2. The van der Waals surface area contributed by atoms with Gasteiger partial charge in [-0.3, -0.25) is 9.59 Å². The van der Waals surface area contributed by atoms with Gasteiger partial charge in [0.15, 0.2) is 0 Å². The first kappa shape index (κ1) is 18.8. The summed E-state index contributed by atoms with van der Waals surface area (Å²) in [6, 6.07) is 1.77. The zero-order valence-electron chi connectivity index (χ0n) is 16.3. The summed E-state index contributed by atoms with van der Waals surface area (Å²) in [6.07, 6.45) is 5.72. The molecule has 0 radical (unpaired) electrons. The average molecular weight is 358 g/mol. The van der Waals surface area contributed by atoms with Crippen molar-refractivity contribution in [3.05, 3.63) is 23.3 Å². The van der Waals surface area contributed by atoms with Crippen LogP contribution in [-0.4, -0.2) is 57.8 Å². The Morgan fingerprint density at radius 3 is 2.77 bits per heavy atom. The molecule has 1 spiro atoms. The second kappa shape index (κ2) is 7.72. The molecule has 142 valence electrons. The molecule has 1 aromatic heterocycles. The molecule has 2 fully saturated rings. The van der Waals surface area contributed by atoms with Crippen molar-refractivity contribution >= 4 is 11.8 Å². The summed E-state index contributed by atoms with van der Waals surface area (Å²) < 4.78 is 0. The van der Waals surface area contributed by atoms with E-state index in [4.69, 9.17) is 0 Å². The summed E-state index contributed by atoms with van der Waals surface area (Å²) in [5.74, 6) is 0.901. The van der Waals surface area contributed by atoms with Crippen LogP contribution in [0.2, 0.25) is 0 Å². The molecule has 26 heavy (non-hydrogen) atoms. The molecule has 1 aromatic rings. The highest BCUT2D eigenvalue weighted by Crippen LogP contribution is 2.39. The summed E-state index contributed by atoms with van der Waals surface area (Å²) in [5.41, 5.74) is 1.36. The summed E-state index contributed by atoms with van der Waals surface area (Å²) in [6.45, 7) is 8.99. The van der Waals surface area contributed by atoms with Gasteiger partial charge < -0.3 is 9.80 Å². The Morgan fingerprint density at radius 1 is 1.23 bits per heavy atom. The minimum atomic E-state index is -0.00492. The molecule has 2 aliphatic heterocycles. The van der Waals surface area contributed by atoms with Gasteiger partial charge in [0.1, 0.15) is 11.5 Å². The molecule has 3 rings (SSSR count). The molecule has 2 aliphatic rings. The van der Waals surface area contributed by atoms with Crippen LogP contribution in [-0.2, 0) is 4.79 Å². The van der Waals surface area contributed by atoms with Gasteiger partial charge in [-0.25, -0.2) is 9.97 Å². The number of carbonyl (C=O) groups is 2. The zero-order chi connectivity index (χ0) is 18.7. The van der Waals surface area contributed by atoms with Crippen LogP contribution in [0.4, 0.5) is 0 Å². The maximum atomic E-state index is 13.0. The first-order chi connectivity index (χ1) is 12.4. The SMILES string of the molecule is CCCCN1C[C@@]2(CCCN(C(=O)c3cc(C)nc(C)n3)C2)CCC1=O. The number of piperidine rings is 2. The van der Waals surface area contributed by atoms with Crippen molar-refractivity contribution in [1.29, 1.82) is 0 Å². The Hall–Kier alpha value is -1.98. The van der Waals surface area contributed by atoms with Gasteiger partial charge in [-0.05, 0) is 45.6 Å². The van der Waals surface area contributed by atoms with Gasteiger partial charge in [0.2, 0.25) is 5.91 Å². The van der Waals surface area contributed by atoms with Crippen LogP contribution < -0.4 is 0 Å². The molecule has 0 saturated carbocycles. The Morgan fingerprint density at radius 2 is 2.04 bits per heavy atom. The fourth-order valence-corrected chi connectivity index (χ4v) is 4.36. The summed E-state index contributed by atoms with van der Waals surface area (Å²) in [7, 11) is 0. The highest BCUT2D eigenvalue weighted by Gasteiger charge is 2.42. The molecular formula is C20H30N4O2. The van der Waals surface area contributed by atoms with Gasteiger partial charge >= 0.3 is 0 Å². The van der Waals surface area contributed by atoms with Crippen LogP contribution >= 0.6 is 0 Å². The molecular weight excluding hydrogens is 328 g/mol. The van der Waals surface area contributed by atoms with Crippen LogP contribution in [0.15, 0.2) is 6.07 Å². The van der Waals surface area contributed by atoms with E-state index in [0.717, 1.165) is 64.0 Å². The maximum absolute atomic E-state index is 13.0. The number of hydrogen-bond donors (Lipinski definition) is 0. The molecule has 6 nitrogen and oxygen atoms in total. The second-order valence-corrected chi connectivity index (χ2v) is 7.94. The van der Waals surface area contributed by atoms with Gasteiger partial charge in [0.25, 0.3) is 5.91 Å². The Balaban J connectivity index is 1.73. The normalized spacial score (nSPS) is 23.6. The number of nitrogens with zero attached hydrogens (tertiary/aromatic N) is 4. The van der Waals surface area contributed by atoms with Crippen LogP contribution in [0.5, 0.6) is 0 Å². The third-order valence-electron chi connectivity index (χ3n) is 5.66. The maximum Gasteiger partial charge on any atom is 0.272 e. The predicted molar refractivity (Wildman–Crippen MR) is 99.8 cm³/mol. The molecule has 0 aromatic carbocycles. The van der Waals surface area contributed by atoms with Crippen molar-refractivity contribution in [3.8, 4) is 0 Å². The van der Waals surface area contributed by atoms with Gasteiger partial charge in [-0.2, -0.15) is 0 Å². The standard InChI is InChI=1S/C20H30N4O2/c1-4-5-10-23-13-20(9-7-18(23)25)8-6-11-24(14-20)19(26)17-12-15(2)21-16(3)22-17/h12H,4-11,13-14H2,1-3H3/t20-/m1/s1. The molecule has 0 N–H and O–H groups in total. The second-order valence-electron chi connectivity index (χ2n) is 7.94. The molecule has 6 heteroatoms. The lowest BCUT2D eigenvalue weighted by atomic mass is 9.73. The van der Waals surface area contributed by atoms with E-state index >= 15 is 0 Å². The van der Waals surface area contributed by atoms with Crippen molar-refractivity contribution in [2.24, 2.45) is 5.41 Å². The van der Waals surface area contributed by atoms with E-state index in [-0.39, 0.29) is 17.2 Å². The smallest absolute Gasteiger partial charge is 0.272 e. The zero-order valence-corrected chi connectivity index (χ0v) is 16.3. The number of rotatable bonds is 4. The average Bonchev–Trinajstić information content (AvgIpc) is 2.61. The predicted octanol–water partition coefficient (Wildman–Crippen LogP) is 2.74. The molecule has 0 bridgehead atoms. The van der Waals surface area contributed by atoms with Crippen molar-refractivity contribution < 1.29 is 9.59 Å². The first-order valence-electron chi connectivity index (χ1n) is 9.82. The molecule has 0 unspecified atom stereocenters. The lowest BCUT2D eigenvalue weighted by Gasteiger charge is -2.48. The molecule has 1 atom stereocenters. The van der Waals surface area contributed by atoms with E-state index in [2.05, 4.69) is 16.9 Å². The number of aryl methyl sites for hydroxylation is 2. The van der Waals surface area contributed by atoms with Crippen molar-refractivity contribution in [1.82, 2.24) is 19.8 Å². The number of carbonyl (C=O) groups excluding carboxylic acids is 2. The minimum absolute atomic E-state index is 0.00492. The molecule has 2 saturated heterocycles. The number of hydrogen-bond acceptors (Lipinski definition) is 4. The van der Waals surface area contributed by atoms with Crippen LogP contribution in [0.3, 0.4) is 0 Å². The molecule has 3 heterocycles. The van der Waals surface area contributed by atoms with Gasteiger partial charge in [0.05, 0.1) is 0 Å². The fraction of sp³-hybridized carbons (Fsp3) is 0.700. The van der Waals surface area contributed by atoms with Crippen LogP contribution in [0, 0.1) is 19.3 Å². The third kappa shape index (κ3) is 4.05. The fourth-order valence-electron chi connectivity index (χ4n) is 4.36. The van der Waals surface area contributed by atoms with Gasteiger partial charge in [-0.15, -0.1) is 0 Å². The summed E-state index contributed by atoms with van der Waals surface area (Å²) in [5, 5.41) is 0. The first-order valence-corrected chi connectivity index (χ1v) is 9.82. The van der Waals surface area contributed by atoms with E-state index in [0.29, 0.717) is 17.9 Å². The number of likely N-dealkylation sites (tertiary alicyclic amines) is 2. The summed E-state index contributed by atoms with van der Waals surface area (Å²) >= 11 is 0. The summed E-state index contributed by atoms with van der Waals surface area (Å²) in [4.78, 5) is 37.8. The minimum Gasteiger partial charge on any atom is -0.342 e. The Bertz CT molecular complexity index is 670. The lowest BCUT2D eigenvalue weighted by Crippen LogP contribution is -2.55. The molecule has 2 amide bonds. The quantitative estimate of drug-likeness (QED) is 0.830.